The van der Waals surface area contributed by atoms with E-state index in [2.05, 4.69) is 10.2 Å². The second-order valence-electron chi connectivity index (χ2n) is 6.19. The third-order valence-corrected chi connectivity index (χ3v) is 4.90. The van der Waals surface area contributed by atoms with Crippen molar-refractivity contribution in [3.63, 3.8) is 0 Å². The van der Waals surface area contributed by atoms with Crippen molar-refractivity contribution < 1.29 is 4.79 Å². The van der Waals surface area contributed by atoms with Crippen LogP contribution >= 0.6 is 0 Å². The number of carbonyl (C=O) groups is 1. The molecule has 17 heavy (non-hydrogen) atoms. The first-order chi connectivity index (χ1) is 8.31. The average Bonchev–Trinajstić information content (AvgIpc) is 2.92. The van der Waals surface area contributed by atoms with Crippen LogP contribution in [-0.2, 0) is 4.79 Å². The molecular weight excluding hydrogens is 212 g/mol. The van der Waals surface area contributed by atoms with Crippen molar-refractivity contribution in [2.24, 2.45) is 11.8 Å². The van der Waals surface area contributed by atoms with Gasteiger partial charge in [0.05, 0.1) is 6.54 Å². The summed E-state index contributed by atoms with van der Waals surface area (Å²) >= 11 is 0. The first-order valence-corrected chi connectivity index (χ1v) is 7.33. The lowest BCUT2D eigenvalue weighted by Crippen LogP contribution is -2.45. The molecule has 0 aromatic heterocycles. The van der Waals surface area contributed by atoms with Gasteiger partial charge in [0.25, 0.3) is 0 Å². The minimum atomic E-state index is 0.268. The van der Waals surface area contributed by atoms with Gasteiger partial charge in [-0.1, -0.05) is 12.8 Å². The molecule has 3 rings (SSSR count). The summed E-state index contributed by atoms with van der Waals surface area (Å²) < 4.78 is 0. The Kier molecular flexibility index (Phi) is 3.37. The van der Waals surface area contributed by atoms with Gasteiger partial charge in [-0.25, -0.2) is 0 Å². The number of hydrogen-bond acceptors (Lipinski definition) is 2. The van der Waals surface area contributed by atoms with E-state index in [1.54, 1.807) is 0 Å². The Morgan fingerprint density at radius 3 is 2.59 bits per heavy atom. The summed E-state index contributed by atoms with van der Waals surface area (Å²) in [4.78, 5) is 14.3. The molecule has 3 heteroatoms. The van der Waals surface area contributed by atoms with Crippen molar-refractivity contribution in [1.29, 1.82) is 0 Å². The zero-order chi connectivity index (χ0) is 11.7. The predicted molar refractivity (Wildman–Crippen MR) is 67.7 cm³/mol. The molecule has 2 aliphatic carbocycles. The minimum Gasteiger partial charge on any atom is -0.352 e. The highest BCUT2D eigenvalue weighted by molar-refractivity contribution is 5.78. The summed E-state index contributed by atoms with van der Waals surface area (Å²) in [7, 11) is 0. The lowest BCUT2D eigenvalue weighted by Gasteiger charge is -2.28. The van der Waals surface area contributed by atoms with Gasteiger partial charge in [-0.3, -0.25) is 9.69 Å². The van der Waals surface area contributed by atoms with Crippen LogP contribution in [-0.4, -0.2) is 36.5 Å². The van der Waals surface area contributed by atoms with Crippen LogP contribution < -0.4 is 5.32 Å². The van der Waals surface area contributed by atoms with Gasteiger partial charge in [0.15, 0.2) is 0 Å². The number of hydrogen-bond donors (Lipinski definition) is 1. The Hall–Kier alpha value is -0.570. The van der Waals surface area contributed by atoms with Crippen molar-refractivity contribution in [2.75, 3.05) is 19.6 Å². The molecule has 0 aromatic carbocycles. The molecule has 0 radical (unpaired) electrons. The number of fused-ring (bicyclic) bond motifs is 2. The zero-order valence-electron chi connectivity index (χ0n) is 10.7. The number of likely N-dealkylation sites (tertiary alicyclic amines) is 1. The molecular formula is C14H24N2O. The van der Waals surface area contributed by atoms with Gasteiger partial charge in [-0.15, -0.1) is 0 Å². The number of nitrogens with zero attached hydrogens (tertiary/aromatic N) is 1. The molecule has 3 atom stereocenters. The average molecular weight is 236 g/mol. The molecule has 3 nitrogen and oxygen atoms in total. The quantitative estimate of drug-likeness (QED) is 0.810. The number of amides is 1. The maximum Gasteiger partial charge on any atom is 0.234 e. The summed E-state index contributed by atoms with van der Waals surface area (Å²) in [6.07, 6.45) is 9.24. The first-order valence-electron chi connectivity index (χ1n) is 7.33. The first kappa shape index (κ1) is 11.5. The predicted octanol–water partition coefficient (Wildman–Crippen LogP) is 1.78. The van der Waals surface area contributed by atoms with Gasteiger partial charge < -0.3 is 5.32 Å². The fourth-order valence-electron chi connectivity index (χ4n) is 3.99. The Labute approximate surface area is 104 Å². The Morgan fingerprint density at radius 2 is 1.94 bits per heavy atom. The number of piperidine rings is 1. The van der Waals surface area contributed by atoms with Crippen LogP contribution in [0.3, 0.4) is 0 Å². The standard InChI is InChI=1S/C14H24N2O/c17-14(10-16-6-2-1-3-7-16)15-13-9-11-4-5-12(13)8-11/h11-13H,1-10H2,(H,15,17)/t11-,12+,13-/m0/s1. The second kappa shape index (κ2) is 4.97. The monoisotopic (exact) mass is 236 g/mol. The van der Waals surface area contributed by atoms with Crippen molar-refractivity contribution in [1.82, 2.24) is 10.2 Å². The smallest absolute Gasteiger partial charge is 0.234 e. The molecule has 96 valence electrons. The SMILES string of the molecule is O=C(CN1CCCCC1)N[C@H]1C[C@H]2CC[C@@H]1C2. The summed E-state index contributed by atoms with van der Waals surface area (Å²) in [6.45, 7) is 2.86. The van der Waals surface area contributed by atoms with Crippen molar-refractivity contribution in [2.45, 2.75) is 51.0 Å². The lowest BCUT2D eigenvalue weighted by molar-refractivity contribution is -0.123. The maximum atomic E-state index is 12.0. The van der Waals surface area contributed by atoms with Crippen LogP contribution in [0.4, 0.5) is 0 Å². The van der Waals surface area contributed by atoms with E-state index >= 15 is 0 Å². The zero-order valence-corrected chi connectivity index (χ0v) is 10.7. The van der Waals surface area contributed by atoms with E-state index in [0.29, 0.717) is 12.6 Å². The second-order valence-corrected chi connectivity index (χ2v) is 6.19. The lowest BCUT2D eigenvalue weighted by atomic mass is 9.95. The van der Waals surface area contributed by atoms with E-state index in [9.17, 15) is 4.79 Å². The summed E-state index contributed by atoms with van der Waals surface area (Å²) in [5.41, 5.74) is 0. The largest absolute Gasteiger partial charge is 0.352 e. The molecule has 1 N–H and O–H groups in total. The van der Waals surface area contributed by atoms with E-state index < -0.39 is 0 Å². The van der Waals surface area contributed by atoms with Crippen LogP contribution in [0, 0.1) is 11.8 Å². The van der Waals surface area contributed by atoms with E-state index in [0.717, 1.165) is 24.9 Å². The van der Waals surface area contributed by atoms with Gasteiger partial charge in [0, 0.05) is 6.04 Å². The highest BCUT2D eigenvalue weighted by atomic mass is 16.2. The van der Waals surface area contributed by atoms with E-state index in [4.69, 9.17) is 0 Å². The van der Waals surface area contributed by atoms with Gasteiger partial charge >= 0.3 is 0 Å². The molecule has 1 amide bonds. The van der Waals surface area contributed by atoms with Crippen molar-refractivity contribution in [3.05, 3.63) is 0 Å². The highest BCUT2D eigenvalue weighted by Crippen LogP contribution is 2.44. The summed E-state index contributed by atoms with van der Waals surface area (Å²) in [5, 5.41) is 3.28. The topological polar surface area (TPSA) is 32.3 Å². The van der Waals surface area contributed by atoms with Crippen molar-refractivity contribution in [3.8, 4) is 0 Å². The van der Waals surface area contributed by atoms with Crippen LogP contribution in [0.15, 0.2) is 0 Å². The van der Waals surface area contributed by atoms with Crippen LogP contribution in [0.2, 0.25) is 0 Å². The fraction of sp³-hybridized carbons (Fsp3) is 0.929. The minimum absolute atomic E-state index is 0.268. The molecule has 1 heterocycles. The molecule has 1 saturated heterocycles. The maximum absolute atomic E-state index is 12.0. The van der Waals surface area contributed by atoms with Crippen molar-refractivity contribution >= 4 is 5.91 Å². The summed E-state index contributed by atoms with van der Waals surface area (Å²) in [6, 6.07) is 0.506. The third-order valence-electron chi connectivity index (χ3n) is 4.90. The normalized spacial score (nSPS) is 37.3. The van der Waals surface area contributed by atoms with Crippen LogP contribution in [0.5, 0.6) is 0 Å². The Balaban J connectivity index is 1.44. The third kappa shape index (κ3) is 2.65. The molecule has 3 aliphatic rings. The molecule has 0 spiro atoms. The van der Waals surface area contributed by atoms with Gasteiger partial charge in [-0.2, -0.15) is 0 Å². The molecule has 1 aliphatic heterocycles. The van der Waals surface area contributed by atoms with Gasteiger partial charge in [0.2, 0.25) is 5.91 Å². The molecule has 2 bridgehead atoms. The Bertz CT molecular complexity index is 286. The van der Waals surface area contributed by atoms with E-state index in [1.165, 1.54) is 44.9 Å². The number of carbonyl (C=O) groups excluding carboxylic acids is 1. The molecule has 2 saturated carbocycles. The fourth-order valence-corrected chi connectivity index (χ4v) is 3.99. The summed E-state index contributed by atoms with van der Waals surface area (Å²) in [5.74, 6) is 1.98. The molecule has 3 fully saturated rings. The number of rotatable bonds is 3. The van der Waals surface area contributed by atoms with Gasteiger partial charge in [0.1, 0.15) is 0 Å². The number of nitrogens with one attached hydrogen (secondary N) is 1. The molecule has 0 aromatic rings. The highest BCUT2D eigenvalue weighted by Gasteiger charge is 2.40. The Morgan fingerprint density at radius 1 is 1.12 bits per heavy atom. The van der Waals surface area contributed by atoms with Crippen LogP contribution in [0.1, 0.15) is 44.9 Å². The van der Waals surface area contributed by atoms with E-state index in [1.807, 2.05) is 0 Å². The van der Waals surface area contributed by atoms with Gasteiger partial charge in [-0.05, 0) is 57.0 Å². The van der Waals surface area contributed by atoms with Crippen LogP contribution in [0.25, 0.3) is 0 Å². The molecule has 0 unspecified atom stereocenters. The van der Waals surface area contributed by atoms with E-state index in [-0.39, 0.29) is 5.91 Å².